The number of carbonyl (C=O) groups excluding carboxylic acids is 2. The molecule has 1 N–H and O–H groups in total. The van der Waals surface area contributed by atoms with Crippen LogP contribution in [0.4, 0.5) is 5.69 Å². The molecule has 0 spiro atoms. The van der Waals surface area contributed by atoms with Crippen molar-refractivity contribution in [3.05, 3.63) is 54.4 Å². The van der Waals surface area contributed by atoms with Gasteiger partial charge in [0.1, 0.15) is 6.33 Å². The number of anilines is 1. The maximum atomic E-state index is 12.2. The van der Waals surface area contributed by atoms with Gasteiger partial charge in [-0.3, -0.25) is 4.79 Å². The molecule has 0 atom stereocenters. The summed E-state index contributed by atoms with van der Waals surface area (Å²) >= 11 is 0. The highest BCUT2D eigenvalue weighted by molar-refractivity contribution is 5.95. The molecule has 10 nitrogen and oxygen atoms in total. The molecule has 0 bridgehead atoms. The molecule has 0 fully saturated rings. The Morgan fingerprint density at radius 1 is 1.00 bits per heavy atom. The van der Waals surface area contributed by atoms with Crippen LogP contribution < -0.4 is 14.8 Å². The van der Waals surface area contributed by atoms with Gasteiger partial charge in [-0.2, -0.15) is 0 Å². The Kier molecular flexibility index (Phi) is 6.93. The smallest absolute Gasteiger partial charge is 0.338 e. The number of ether oxygens (including phenoxy) is 3. The van der Waals surface area contributed by atoms with Crippen molar-refractivity contribution in [3.63, 3.8) is 0 Å². The zero-order chi connectivity index (χ0) is 21.3. The van der Waals surface area contributed by atoms with E-state index in [1.54, 1.807) is 42.5 Å². The summed E-state index contributed by atoms with van der Waals surface area (Å²) in [6.45, 7) is 4.26. The molecule has 1 aromatic heterocycles. The monoisotopic (exact) mass is 411 g/mol. The normalized spacial score (nSPS) is 10.3. The van der Waals surface area contributed by atoms with Crippen molar-refractivity contribution < 1.29 is 23.8 Å². The minimum Gasteiger partial charge on any atom is -0.490 e. The minimum atomic E-state index is -0.616. The number of esters is 1. The summed E-state index contributed by atoms with van der Waals surface area (Å²) in [6, 6.07) is 11.5. The third-order valence-corrected chi connectivity index (χ3v) is 3.88. The number of benzene rings is 2. The Hall–Kier alpha value is -3.95. The van der Waals surface area contributed by atoms with Gasteiger partial charge in [0.15, 0.2) is 18.1 Å². The average molecular weight is 411 g/mol. The number of hydrogen-bond acceptors (Lipinski definition) is 8. The zero-order valence-electron chi connectivity index (χ0n) is 16.6. The van der Waals surface area contributed by atoms with E-state index in [1.165, 1.54) is 11.0 Å². The molecule has 0 radical (unpaired) electrons. The summed E-state index contributed by atoms with van der Waals surface area (Å²) in [4.78, 5) is 24.3. The van der Waals surface area contributed by atoms with E-state index < -0.39 is 18.5 Å². The maximum Gasteiger partial charge on any atom is 0.338 e. The van der Waals surface area contributed by atoms with Crippen molar-refractivity contribution in [3.8, 4) is 17.2 Å². The van der Waals surface area contributed by atoms with Crippen LogP contribution in [0.1, 0.15) is 24.2 Å². The van der Waals surface area contributed by atoms with Crippen LogP contribution in [0.25, 0.3) is 5.69 Å². The molecule has 0 aliphatic heterocycles. The lowest BCUT2D eigenvalue weighted by Crippen LogP contribution is -2.21. The first-order valence-corrected chi connectivity index (χ1v) is 9.30. The van der Waals surface area contributed by atoms with Crippen LogP contribution in [-0.4, -0.2) is 51.9 Å². The van der Waals surface area contributed by atoms with Crippen molar-refractivity contribution in [2.24, 2.45) is 0 Å². The molecular formula is C20H21N5O5. The van der Waals surface area contributed by atoms with Crippen molar-refractivity contribution in [1.29, 1.82) is 0 Å². The Balaban J connectivity index is 1.55. The quantitative estimate of drug-likeness (QED) is 0.533. The molecule has 0 saturated carbocycles. The average Bonchev–Trinajstić information content (AvgIpc) is 3.29. The highest BCUT2D eigenvalue weighted by atomic mass is 16.5. The number of hydrogen-bond donors (Lipinski definition) is 1. The van der Waals surface area contributed by atoms with Crippen molar-refractivity contribution in [2.45, 2.75) is 13.8 Å². The van der Waals surface area contributed by atoms with E-state index in [1.807, 2.05) is 13.8 Å². The van der Waals surface area contributed by atoms with Gasteiger partial charge in [0.05, 0.1) is 24.5 Å². The first-order valence-electron chi connectivity index (χ1n) is 9.30. The SMILES string of the molecule is CCOc1ccc(NC(=O)COC(=O)c2ccc(-n3cnnn3)cc2)cc1OCC. The van der Waals surface area contributed by atoms with E-state index in [4.69, 9.17) is 14.2 Å². The number of tetrazole rings is 1. The number of rotatable bonds is 9. The molecule has 0 aliphatic carbocycles. The molecular weight excluding hydrogens is 390 g/mol. The summed E-state index contributed by atoms with van der Waals surface area (Å²) in [7, 11) is 0. The fraction of sp³-hybridized carbons (Fsp3) is 0.250. The van der Waals surface area contributed by atoms with E-state index >= 15 is 0 Å². The molecule has 3 rings (SSSR count). The molecule has 156 valence electrons. The van der Waals surface area contributed by atoms with Gasteiger partial charge in [-0.15, -0.1) is 5.10 Å². The highest BCUT2D eigenvalue weighted by Crippen LogP contribution is 2.30. The molecule has 0 saturated heterocycles. The summed E-state index contributed by atoms with van der Waals surface area (Å²) in [6.07, 6.45) is 1.44. The standard InChI is InChI=1S/C20H21N5O5/c1-3-28-17-10-7-15(11-18(17)29-4-2)22-19(26)12-30-20(27)14-5-8-16(9-6-14)25-13-21-23-24-25/h5-11,13H,3-4,12H2,1-2H3,(H,22,26). The third kappa shape index (κ3) is 5.31. The van der Waals surface area contributed by atoms with Gasteiger partial charge in [-0.05, 0) is 60.7 Å². The van der Waals surface area contributed by atoms with E-state index in [0.717, 1.165) is 0 Å². The molecule has 10 heteroatoms. The second kappa shape index (κ2) is 10.0. The van der Waals surface area contributed by atoms with Gasteiger partial charge in [0, 0.05) is 11.8 Å². The second-order valence-electron chi connectivity index (χ2n) is 5.95. The van der Waals surface area contributed by atoms with Crippen molar-refractivity contribution in [2.75, 3.05) is 25.1 Å². The number of amides is 1. The largest absolute Gasteiger partial charge is 0.490 e. The fourth-order valence-corrected chi connectivity index (χ4v) is 2.57. The Bertz CT molecular complexity index is 989. The van der Waals surface area contributed by atoms with E-state index in [9.17, 15) is 9.59 Å². The lowest BCUT2D eigenvalue weighted by Gasteiger charge is -2.13. The van der Waals surface area contributed by atoms with Crippen LogP contribution >= 0.6 is 0 Å². The highest BCUT2D eigenvalue weighted by Gasteiger charge is 2.12. The molecule has 1 heterocycles. The number of aromatic nitrogens is 4. The van der Waals surface area contributed by atoms with E-state index in [2.05, 4.69) is 20.8 Å². The van der Waals surface area contributed by atoms with Crippen LogP contribution in [0.2, 0.25) is 0 Å². The summed E-state index contributed by atoms with van der Waals surface area (Å²) < 4.78 is 17.6. The van der Waals surface area contributed by atoms with Crippen molar-refractivity contribution in [1.82, 2.24) is 20.2 Å². The third-order valence-electron chi connectivity index (χ3n) is 3.88. The second-order valence-corrected chi connectivity index (χ2v) is 5.95. The van der Waals surface area contributed by atoms with Gasteiger partial charge < -0.3 is 19.5 Å². The molecule has 0 unspecified atom stereocenters. The number of nitrogens with one attached hydrogen (secondary N) is 1. The van der Waals surface area contributed by atoms with Gasteiger partial charge in [0.25, 0.3) is 5.91 Å². The van der Waals surface area contributed by atoms with E-state index in [-0.39, 0.29) is 0 Å². The first-order chi connectivity index (χ1) is 14.6. The van der Waals surface area contributed by atoms with Crippen LogP contribution in [-0.2, 0) is 9.53 Å². The Labute approximate surface area is 172 Å². The number of carbonyl (C=O) groups is 2. The maximum absolute atomic E-state index is 12.2. The number of nitrogens with zero attached hydrogens (tertiary/aromatic N) is 4. The molecule has 30 heavy (non-hydrogen) atoms. The van der Waals surface area contributed by atoms with Crippen LogP contribution in [0.15, 0.2) is 48.8 Å². The van der Waals surface area contributed by atoms with Crippen LogP contribution in [0, 0.1) is 0 Å². The molecule has 2 aromatic carbocycles. The summed E-state index contributed by atoms with van der Waals surface area (Å²) in [5.41, 5.74) is 1.50. The molecule has 1 amide bonds. The molecule has 3 aromatic rings. The minimum absolute atomic E-state index is 0.305. The topological polar surface area (TPSA) is 117 Å². The lowest BCUT2D eigenvalue weighted by atomic mass is 10.2. The Morgan fingerprint density at radius 3 is 2.40 bits per heavy atom. The predicted molar refractivity (Wildman–Crippen MR) is 107 cm³/mol. The van der Waals surface area contributed by atoms with Crippen LogP contribution in [0.5, 0.6) is 11.5 Å². The van der Waals surface area contributed by atoms with Gasteiger partial charge in [0.2, 0.25) is 0 Å². The van der Waals surface area contributed by atoms with Gasteiger partial charge in [-0.25, -0.2) is 9.48 Å². The van der Waals surface area contributed by atoms with Crippen LogP contribution in [0.3, 0.4) is 0 Å². The Morgan fingerprint density at radius 2 is 1.73 bits per heavy atom. The first kappa shape index (κ1) is 20.8. The van der Waals surface area contributed by atoms with Gasteiger partial charge >= 0.3 is 5.97 Å². The predicted octanol–water partition coefficient (Wildman–Crippen LogP) is 2.26. The van der Waals surface area contributed by atoms with E-state index in [0.29, 0.717) is 41.7 Å². The van der Waals surface area contributed by atoms with Crippen molar-refractivity contribution >= 4 is 17.6 Å². The lowest BCUT2D eigenvalue weighted by molar-refractivity contribution is -0.119. The van der Waals surface area contributed by atoms with Gasteiger partial charge in [-0.1, -0.05) is 0 Å². The summed E-state index contributed by atoms with van der Waals surface area (Å²) in [5.74, 6) is 0.0288. The molecule has 0 aliphatic rings. The zero-order valence-corrected chi connectivity index (χ0v) is 16.6. The fourth-order valence-electron chi connectivity index (χ4n) is 2.57. The summed E-state index contributed by atoms with van der Waals surface area (Å²) in [5, 5.41) is 13.5.